The molecule has 594 valence electrons. The van der Waals surface area contributed by atoms with Crippen molar-refractivity contribution < 1.29 is 84.0 Å². The zero-order chi connectivity index (χ0) is 80.0. The van der Waals surface area contributed by atoms with Crippen molar-refractivity contribution in [2.24, 2.45) is 63.1 Å². The molecule has 7 fully saturated rings. The molecule has 4 saturated carbocycles. The molecule has 1 aromatic heterocycles. The standard InChI is InChI=1S/C20H32O2.C18H13S.C15H24O.C13H18O5.C13H18O3.C9H16F2O5S/c1-5-19(3,4)18(21)22-20(6-2)11-14-10-15(20)17-13-8-7-12(9-13)16(14)17;1-2-8-14(9-3-1)19-17-12-6-4-10-15(17)16-11-5-7-13-18(16)19;1-6-12(3)13-8-10-14(11-9-13)16-15(4,5)7-2;1-4-13(2,3)12(15)18-9-7-5-6-8(16-7)10(9)17-11(6)14;1-5-13(3,4)12(15)16-11-8-6-7-10(14)9(11)2;1-5-8(3,4)7(12)16-6(2)9(10,11)17(13,14)15/h12-17H,5-11H2,1-4H3;1-13H;8-12H,6-7H2,1-5H3;6-10H,4-5H2,1-3H3;6-8,14H,5H2,1-4H3;6H,5H2,1-4H3,(H,13,14,15)/q;+1;;;;/p-1. The molecule has 0 spiro atoms. The van der Waals surface area contributed by atoms with Gasteiger partial charge in [0.1, 0.15) is 34.6 Å². The molecule has 14 unspecified atom stereocenters. The summed E-state index contributed by atoms with van der Waals surface area (Å²) in [6.07, 6.45) is 9.84. The Balaban J connectivity index is 0.000000164. The first-order chi connectivity index (χ1) is 50.5. The number of alkyl halides is 2. The Morgan fingerprint density at radius 3 is 1.69 bits per heavy atom. The Bertz CT molecular complexity index is 4150. The summed E-state index contributed by atoms with van der Waals surface area (Å²) in [6, 6.07) is 41.8. The van der Waals surface area contributed by atoms with E-state index in [1.54, 1.807) is 32.0 Å². The fraction of sp³-hybridized carbons (Fsp3) is 0.602. The normalized spacial score (nSPS) is 24.8. The second-order valence-corrected chi connectivity index (χ2v) is 37.3. The van der Waals surface area contributed by atoms with Crippen molar-refractivity contribution in [3.8, 4) is 22.1 Å². The zero-order valence-corrected chi connectivity index (χ0v) is 69.0. The number of phenolic OH excluding ortho intramolecular Hbond substituents is 1. The van der Waals surface area contributed by atoms with Gasteiger partial charge in [0.15, 0.2) is 42.7 Å². The van der Waals surface area contributed by atoms with Gasteiger partial charge in [-0.3, -0.25) is 24.0 Å². The fourth-order valence-corrected chi connectivity index (χ4v) is 18.4. The summed E-state index contributed by atoms with van der Waals surface area (Å²) in [5, 5.41) is 7.64. The van der Waals surface area contributed by atoms with E-state index >= 15 is 0 Å². The average molecular weight is 1540 g/mol. The van der Waals surface area contributed by atoms with E-state index in [1.165, 1.54) is 76.6 Å². The Morgan fingerprint density at radius 1 is 0.630 bits per heavy atom. The number of phenols is 1. The van der Waals surface area contributed by atoms with Crippen molar-refractivity contribution >= 4 is 70.6 Å². The maximum absolute atomic E-state index is 13.0. The van der Waals surface area contributed by atoms with Crippen LogP contribution in [0.15, 0.2) is 121 Å². The summed E-state index contributed by atoms with van der Waals surface area (Å²) in [5.41, 5.74) is -0.582. The molecular formula is C88H120F2O16S2. The van der Waals surface area contributed by atoms with Crippen molar-refractivity contribution in [1.82, 2.24) is 0 Å². The van der Waals surface area contributed by atoms with Crippen LogP contribution in [-0.2, 0) is 57.8 Å². The van der Waals surface area contributed by atoms with Crippen LogP contribution in [-0.4, -0.2) is 94.9 Å². The SMILES string of the molecule is CCC(C)(C)C(=O)OC(C)C(F)(F)S(=O)(=O)[O-].CCC(C)(C)C(=O)OC1(CC)CC2CC1C1C3CCC(C3)C21.CCC(C)(C)C(=O)OC1C2CC3C(=O)OC1C3O2.CCC(C)(C)C(=O)Oc1cccc(O)c1C.CCC(C)c1ccc(OC(C)(C)CC)cc1.c1ccc(-[s+]2c3ccccc3c3ccccc32)cc1. The number of benzene rings is 5. The van der Waals surface area contributed by atoms with Crippen molar-refractivity contribution in [2.75, 3.05) is 0 Å². The van der Waals surface area contributed by atoms with Crippen LogP contribution in [0.2, 0.25) is 0 Å². The number of rotatable bonds is 21. The number of ether oxygens (including phenoxy) is 7. The molecule has 20 heteroatoms. The smallest absolute Gasteiger partial charge is 0.369 e. The number of hydrogen-bond donors (Lipinski definition) is 1. The monoisotopic (exact) mass is 1530 g/mol. The van der Waals surface area contributed by atoms with Gasteiger partial charge in [0, 0.05) is 32.7 Å². The zero-order valence-electron chi connectivity index (χ0n) is 67.4. The largest absolute Gasteiger partial charge is 0.743 e. The van der Waals surface area contributed by atoms with Gasteiger partial charge < -0.3 is 42.8 Å². The van der Waals surface area contributed by atoms with Crippen LogP contribution in [0.4, 0.5) is 8.78 Å². The Hall–Kier alpha value is -7.00. The second-order valence-electron chi connectivity index (χ2n) is 33.9. The first kappa shape index (κ1) is 86.6. The van der Waals surface area contributed by atoms with Gasteiger partial charge in [-0.1, -0.05) is 116 Å². The summed E-state index contributed by atoms with van der Waals surface area (Å²) in [4.78, 5) is 61.0. The summed E-state index contributed by atoms with van der Waals surface area (Å²) in [7, 11) is -5.80. The minimum atomic E-state index is -5.86. The molecule has 5 aromatic carbocycles. The minimum Gasteiger partial charge on any atom is -0.743 e. The molecule has 6 aromatic rings. The molecule has 0 amide bonds. The van der Waals surface area contributed by atoms with Crippen molar-refractivity contribution in [1.29, 1.82) is 0 Å². The molecule has 16 nitrogen and oxygen atoms in total. The Kier molecular flexibility index (Phi) is 27.8. The summed E-state index contributed by atoms with van der Waals surface area (Å²) >= 11 is 0. The van der Waals surface area contributed by atoms with Gasteiger partial charge in [0.2, 0.25) is 0 Å². The topological polar surface area (TPSA) is 227 Å². The van der Waals surface area contributed by atoms with Crippen LogP contribution in [0.25, 0.3) is 25.1 Å². The number of aromatic hydroxyl groups is 1. The molecule has 1 N–H and O–H groups in total. The van der Waals surface area contributed by atoms with Crippen molar-refractivity contribution in [2.45, 2.75) is 275 Å². The van der Waals surface area contributed by atoms with Gasteiger partial charge >= 0.3 is 35.1 Å². The summed E-state index contributed by atoms with van der Waals surface area (Å²) < 4.78 is 98.1. The van der Waals surface area contributed by atoms with E-state index in [0.717, 1.165) is 61.0 Å². The van der Waals surface area contributed by atoms with Crippen LogP contribution in [0.5, 0.6) is 17.2 Å². The van der Waals surface area contributed by atoms with E-state index in [0.29, 0.717) is 55.8 Å². The molecule has 7 aliphatic rings. The second kappa shape index (κ2) is 34.7. The number of carbonyl (C=O) groups excluding carboxylic acids is 5. The third-order valence-electron chi connectivity index (χ3n) is 24.9. The number of hydrogen-bond acceptors (Lipinski definition) is 16. The Morgan fingerprint density at radius 2 is 1.16 bits per heavy atom. The lowest BCUT2D eigenvalue weighted by molar-refractivity contribution is -0.183. The number of carbonyl (C=O) groups is 5. The van der Waals surface area contributed by atoms with Gasteiger partial charge in [-0.15, -0.1) is 0 Å². The molecule has 108 heavy (non-hydrogen) atoms. The van der Waals surface area contributed by atoms with E-state index < -0.39 is 55.9 Å². The van der Waals surface area contributed by atoms with Crippen LogP contribution in [0.3, 0.4) is 0 Å². The van der Waals surface area contributed by atoms with Crippen molar-refractivity contribution in [3.63, 3.8) is 0 Å². The Labute approximate surface area is 643 Å². The van der Waals surface area contributed by atoms with Gasteiger partial charge in [0.05, 0.1) is 33.7 Å². The van der Waals surface area contributed by atoms with Crippen LogP contribution < -0.4 is 9.47 Å². The maximum atomic E-state index is 13.0. The highest BCUT2D eigenvalue weighted by Gasteiger charge is 2.68. The van der Waals surface area contributed by atoms with Crippen molar-refractivity contribution in [3.05, 3.63) is 132 Å². The van der Waals surface area contributed by atoms with Gasteiger partial charge in [-0.25, -0.2) is 8.42 Å². The molecule has 3 saturated heterocycles. The lowest BCUT2D eigenvalue weighted by Crippen LogP contribution is -2.49. The van der Waals surface area contributed by atoms with E-state index in [1.807, 2.05) is 55.4 Å². The maximum Gasteiger partial charge on any atom is 0.369 e. The number of halogens is 2. The van der Waals surface area contributed by atoms with Crippen LogP contribution >= 0.6 is 10.5 Å². The average Bonchev–Trinajstić information content (AvgIpc) is 1.54. The molecule has 4 heterocycles. The predicted molar refractivity (Wildman–Crippen MR) is 420 cm³/mol. The number of thiophene rings is 1. The first-order valence-corrected chi connectivity index (χ1v) is 41.8. The highest BCUT2D eigenvalue weighted by molar-refractivity contribution is 7.86. The highest BCUT2D eigenvalue weighted by Crippen LogP contribution is 2.71. The first-order valence-electron chi connectivity index (χ1n) is 39.2. The molecular weight excluding hydrogens is 1420 g/mol. The quantitative estimate of drug-likeness (QED) is 0.0176. The number of fused-ring (bicyclic) bond motifs is 13. The van der Waals surface area contributed by atoms with Gasteiger partial charge in [-0.05, 0) is 268 Å². The summed E-state index contributed by atoms with van der Waals surface area (Å²) in [6.45, 7) is 37.5. The minimum absolute atomic E-state index is 0.0455. The highest BCUT2D eigenvalue weighted by atomic mass is 32.2. The van der Waals surface area contributed by atoms with Crippen LogP contribution in [0, 0.1) is 70.0 Å². The molecule has 13 rings (SSSR count). The lowest BCUT2D eigenvalue weighted by atomic mass is 9.65. The predicted octanol–water partition coefficient (Wildman–Crippen LogP) is 20.9. The third-order valence-corrected chi connectivity index (χ3v) is 28.2. The molecule has 4 aliphatic carbocycles. The summed E-state index contributed by atoms with van der Waals surface area (Å²) in [5.74, 6) is 5.72. The van der Waals surface area contributed by atoms with E-state index in [2.05, 4.69) is 156 Å². The van der Waals surface area contributed by atoms with Gasteiger partial charge in [-0.2, -0.15) is 8.78 Å². The molecule has 0 radical (unpaired) electrons. The van der Waals surface area contributed by atoms with Gasteiger partial charge in [0.25, 0.3) is 0 Å². The number of esters is 5. The van der Waals surface area contributed by atoms with Crippen LogP contribution in [0.1, 0.15) is 232 Å². The van der Waals surface area contributed by atoms with E-state index in [-0.39, 0.29) is 74.8 Å². The van der Waals surface area contributed by atoms with E-state index in [9.17, 15) is 50.8 Å². The third kappa shape index (κ3) is 18.9. The molecule has 14 atom stereocenters. The lowest BCUT2D eigenvalue weighted by Gasteiger charge is -2.46. The fourth-order valence-electron chi connectivity index (χ4n) is 15.6. The molecule has 3 aliphatic heterocycles. The molecule has 6 bridgehead atoms. The van der Waals surface area contributed by atoms with E-state index in [4.69, 9.17) is 28.4 Å².